The number of likely N-dealkylation sites (N-methyl/N-ethyl adjacent to an activating group) is 1. The van der Waals surface area contributed by atoms with Gasteiger partial charge >= 0.3 is 6.18 Å². The number of rotatable bonds is 6. The van der Waals surface area contributed by atoms with Crippen molar-refractivity contribution in [3.05, 3.63) is 0 Å². The Kier molecular flexibility index (Phi) is 7.12. The number of ether oxygens (including phenoxy) is 1. The molecule has 0 radical (unpaired) electrons. The minimum Gasteiger partial charge on any atom is -0.368 e. The topological polar surface area (TPSA) is 58.6 Å². The fourth-order valence-electron chi connectivity index (χ4n) is 2.39. The van der Waals surface area contributed by atoms with Crippen LogP contribution in [0.5, 0.6) is 0 Å². The third-order valence-corrected chi connectivity index (χ3v) is 3.62. The first kappa shape index (κ1) is 18.7. The molecule has 0 aliphatic heterocycles. The van der Waals surface area contributed by atoms with E-state index in [2.05, 4.69) is 6.92 Å². The van der Waals surface area contributed by atoms with Crippen LogP contribution >= 0.6 is 0 Å². The van der Waals surface area contributed by atoms with Gasteiger partial charge in [0.1, 0.15) is 13.2 Å². The third kappa shape index (κ3) is 7.63. The van der Waals surface area contributed by atoms with Gasteiger partial charge in [-0.15, -0.1) is 0 Å². The van der Waals surface area contributed by atoms with Crippen molar-refractivity contribution >= 4 is 11.8 Å². The molecule has 1 N–H and O–H groups in total. The van der Waals surface area contributed by atoms with E-state index in [0.29, 0.717) is 5.92 Å². The summed E-state index contributed by atoms with van der Waals surface area (Å²) in [6.45, 7) is 0.165. The van der Waals surface area contributed by atoms with E-state index in [1.54, 1.807) is 5.32 Å². The van der Waals surface area contributed by atoms with Crippen molar-refractivity contribution in [1.29, 1.82) is 0 Å². The second-order valence-corrected chi connectivity index (χ2v) is 5.85. The average Bonchev–Trinajstić information content (AvgIpc) is 2.42. The highest BCUT2D eigenvalue weighted by atomic mass is 19.4. The van der Waals surface area contributed by atoms with E-state index in [4.69, 9.17) is 4.74 Å². The molecule has 2 amide bonds. The van der Waals surface area contributed by atoms with Gasteiger partial charge < -0.3 is 15.0 Å². The van der Waals surface area contributed by atoms with Gasteiger partial charge in [-0.05, 0) is 18.8 Å². The van der Waals surface area contributed by atoms with Crippen LogP contribution in [0.2, 0.25) is 0 Å². The molecule has 128 valence electrons. The Morgan fingerprint density at radius 2 is 2.00 bits per heavy atom. The van der Waals surface area contributed by atoms with Crippen molar-refractivity contribution in [1.82, 2.24) is 10.2 Å². The summed E-state index contributed by atoms with van der Waals surface area (Å²) in [4.78, 5) is 24.2. The molecule has 1 aliphatic carbocycles. The van der Waals surface area contributed by atoms with Crippen molar-refractivity contribution in [2.75, 3.05) is 26.7 Å². The molecule has 0 aromatic heterocycles. The van der Waals surface area contributed by atoms with Gasteiger partial charge in [-0.1, -0.05) is 19.8 Å². The molecule has 1 fully saturated rings. The Bertz CT molecular complexity index is 388. The molecule has 0 saturated heterocycles. The first-order chi connectivity index (χ1) is 10.2. The van der Waals surface area contributed by atoms with E-state index in [1.165, 1.54) is 7.05 Å². The van der Waals surface area contributed by atoms with Crippen LogP contribution in [0.15, 0.2) is 0 Å². The first-order valence-electron chi connectivity index (χ1n) is 7.36. The minimum atomic E-state index is -4.46. The largest absolute Gasteiger partial charge is 0.405 e. The highest BCUT2D eigenvalue weighted by molar-refractivity contribution is 5.85. The van der Waals surface area contributed by atoms with E-state index in [1.807, 2.05) is 0 Å². The zero-order valence-electron chi connectivity index (χ0n) is 12.9. The molecule has 5 nitrogen and oxygen atoms in total. The molecule has 1 saturated carbocycles. The molecule has 0 bridgehead atoms. The summed E-state index contributed by atoms with van der Waals surface area (Å²) in [5, 5.41) is 1.72. The highest BCUT2D eigenvalue weighted by Crippen LogP contribution is 2.25. The predicted molar refractivity (Wildman–Crippen MR) is 74.1 cm³/mol. The lowest BCUT2D eigenvalue weighted by Crippen LogP contribution is -2.43. The number of nitrogens with one attached hydrogen (secondary N) is 1. The third-order valence-electron chi connectivity index (χ3n) is 3.62. The van der Waals surface area contributed by atoms with Crippen molar-refractivity contribution < 1.29 is 27.5 Å². The predicted octanol–water partition coefficient (Wildman–Crippen LogP) is 1.72. The van der Waals surface area contributed by atoms with Crippen molar-refractivity contribution in [3.63, 3.8) is 0 Å². The standard InChI is InChI=1S/C14H23F3N2O3/c1-10-4-3-5-11(6-10)22-8-13(21)19(2)7-12(20)18-9-14(15,16)17/h10-11H,3-9H2,1-2H3,(H,18,20)/t10-,11-/m0/s1. The molecule has 0 unspecified atom stereocenters. The Labute approximate surface area is 128 Å². The second kappa shape index (κ2) is 8.36. The van der Waals surface area contributed by atoms with Gasteiger partial charge in [0.05, 0.1) is 12.6 Å². The van der Waals surface area contributed by atoms with Crippen molar-refractivity contribution in [3.8, 4) is 0 Å². The summed E-state index contributed by atoms with van der Waals surface area (Å²) < 4.78 is 41.4. The fourth-order valence-corrected chi connectivity index (χ4v) is 2.39. The molecule has 0 heterocycles. The molecular formula is C14H23F3N2O3. The Balaban J connectivity index is 2.25. The number of halogens is 3. The normalized spacial score (nSPS) is 22.2. The van der Waals surface area contributed by atoms with Crippen molar-refractivity contribution in [2.45, 2.75) is 44.9 Å². The molecule has 8 heteroatoms. The van der Waals surface area contributed by atoms with Gasteiger partial charge in [0.25, 0.3) is 0 Å². The van der Waals surface area contributed by atoms with Crippen LogP contribution in [0.25, 0.3) is 0 Å². The average molecular weight is 324 g/mol. The molecular weight excluding hydrogens is 301 g/mol. The van der Waals surface area contributed by atoms with Crippen LogP contribution in [-0.4, -0.2) is 55.7 Å². The summed E-state index contributed by atoms with van der Waals surface area (Å²) in [6.07, 6.45) is -0.377. The van der Waals surface area contributed by atoms with Crippen LogP contribution in [0.3, 0.4) is 0 Å². The van der Waals surface area contributed by atoms with Crippen LogP contribution in [0.1, 0.15) is 32.6 Å². The zero-order valence-corrected chi connectivity index (χ0v) is 12.9. The molecule has 1 aliphatic rings. The summed E-state index contributed by atoms with van der Waals surface area (Å²) in [7, 11) is 1.36. The summed E-state index contributed by atoms with van der Waals surface area (Å²) in [5.41, 5.74) is 0. The van der Waals surface area contributed by atoms with Gasteiger partial charge in [-0.3, -0.25) is 9.59 Å². The molecule has 1 rings (SSSR count). The maximum Gasteiger partial charge on any atom is 0.405 e. The van der Waals surface area contributed by atoms with Crippen LogP contribution in [0.4, 0.5) is 13.2 Å². The number of amides is 2. The number of carbonyl (C=O) groups is 2. The molecule has 2 atom stereocenters. The van der Waals surface area contributed by atoms with Crippen LogP contribution in [0, 0.1) is 5.92 Å². The summed E-state index contributed by atoms with van der Waals surface area (Å²) in [5.74, 6) is -0.695. The maximum absolute atomic E-state index is 12.0. The minimum absolute atomic E-state index is 0.0418. The van der Waals surface area contributed by atoms with E-state index >= 15 is 0 Å². The summed E-state index contributed by atoms with van der Waals surface area (Å²) >= 11 is 0. The maximum atomic E-state index is 12.0. The lowest BCUT2D eigenvalue weighted by Gasteiger charge is -2.27. The first-order valence-corrected chi connectivity index (χ1v) is 7.36. The number of nitrogens with zero attached hydrogens (tertiary/aromatic N) is 1. The van der Waals surface area contributed by atoms with E-state index < -0.39 is 31.1 Å². The monoisotopic (exact) mass is 324 g/mol. The van der Waals surface area contributed by atoms with Gasteiger partial charge in [0.15, 0.2) is 0 Å². The van der Waals surface area contributed by atoms with E-state index in [0.717, 1.165) is 30.6 Å². The van der Waals surface area contributed by atoms with Gasteiger partial charge in [-0.2, -0.15) is 13.2 Å². The number of hydrogen-bond donors (Lipinski definition) is 1. The van der Waals surface area contributed by atoms with E-state index in [-0.39, 0.29) is 12.7 Å². The van der Waals surface area contributed by atoms with Gasteiger partial charge in [-0.25, -0.2) is 0 Å². The Morgan fingerprint density at radius 1 is 1.32 bits per heavy atom. The second-order valence-electron chi connectivity index (χ2n) is 5.85. The lowest BCUT2D eigenvalue weighted by atomic mass is 9.89. The zero-order chi connectivity index (χ0) is 16.8. The molecule has 0 spiro atoms. The summed E-state index contributed by atoms with van der Waals surface area (Å²) in [6, 6.07) is 0. The van der Waals surface area contributed by atoms with Crippen LogP contribution in [-0.2, 0) is 14.3 Å². The smallest absolute Gasteiger partial charge is 0.368 e. The quantitative estimate of drug-likeness (QED) is 0.809. The number of alkyl halides is 3. The molecule has 0 aromatic rings. The SMILES string of the molecule is C[C@H]1CCC[C@H](OCC(=O)N(C)CC(=O)NCC(F)(F)F)C1. The van der Waals surface area contributed by atoms with Gasteiger partial charge in [0, 0.05) is 7.05 Å². The Hall–Kier alpha value is -1.31. The Morgan fingerprint density at radius 3 is 2.59 bits per heavy atom. The molecule has 0 aromatic carbocycles. The molecule has 22 heavy (non-hydrogen) atoms. The van der Waals surface area contributed by atoms with Crippen LogP contribution < -0.4 is 5.32 Å². The van der Waals surface area contributed by atoms with Crippen molar-refractivity contribution in [2.24, 2.45) is 5.92 Å². The number of carbonyl (C=O) groups excluding carboxylic acids is 2. The van der Waals surface area contributed by atoms with Gasteiger partial charge in [0.2, 0.25) is 11.8 Å². The fraction of sp³-hybridized carbons (Fsp3) is 0.857. The number of hydrogen-bond acceptors (Lipinski definition) is 3. The lowest BCUT2D eigenvalue weighted by molar-refractivity contribution is -0.144. The van der Waals surface area contributed by atoms with E-state index in [9.17, 15) is 22.8 Å². The highest BCUT2D eigenvalue weighted by Gasteiger charge is 2.28.